The minimum Gasteiger partial charge on any atom is -0.358 e. The van der Waals surface area contributed by atoms with Gasteiger partial charge in [-0.3, -0.25) is 0 Å². The van der Waals surface area contributed by atoms with E-state index in [9.17, 15) is 0 Å². The highest BCUT2D eigenvalue weighted by molar-refractivity contribution is 5.46. The van der Waals surface area contributed by atoms with E-state index in [0.717, 1.165) is 29.6 Å². The number of fused-ring (bicyclic) bond motifs is 1. The van der Waals surface area contributed by atoms with Crippen LogP contribution in [-0.2, 0) is 6.54 Å². The minimum atomic E-state index is 0.447. The van der Waals surface area contributed by atoms with Crippen molar-refractivity contribution in [3.63, 3.8) is 0 Å². The number of nitrogens with two attached hydrogens (primary N) is 1. The van der Waals surface area contributed by atoms with Gasteiger partial charge in [-0.2, -0.15) is 0 Å². The molecule has 0 saturated carbocycles. The Hall–Kier alpha value is -1.62. The largest absolute Gasteiger partial charge is 0.358 e. The zero-order valence-electron chi connectivity index (χ0n) is 12.0. The van der Waals surface area contributed by atoms with Gasteiger partial charge in [0.2, 0.25) is 0 Å². The average Bonchev–Trinajstić information content (AvgIpc) is 2.79. The average molecular weight is 261 g/mol. The van der Waals surface area contributed by atoms with Gasteiger partial charge in [0.15, 0.2) is 5.65 Å². The number of nitrogens with zero attached hydrogens (tertiary/aromatic N) is 4. The van der Waals surface area contributed by atoms with Gasteiger partial charge in [0, 0.05) is 20.1 Å². The maximum absolute atomic E-state index is 5.59. The summed E-state index contributed by atoms with van der Waals surface area (Å²) < 4.78 is 1.80. The Morgan fingerprint density at radius 3 is 2.84 bits per heavy atom. The fourth-order valence-electron chi connectivity index (χ4n) is 2.07. The normalized spacial score (nSPS) is 11.4. The Morgan fingerprint density at radius 2 is 2.16 bits per heavy atom. The molecular formula is C14H23N5. The van der Waals surface area contributed by atoms with Crippen LogP contribution in [0, 0.1) is 5.92 Å². The Labute approximate surface area is 114 Å². The second kappa shape index (κ2) is 6.02. The summed E-state index contributed by atoms with van der Waals surface area (Å²) in [7, 11) is 2.08. The summed E-state index contributed by atoms with van der Waals surface area (Å²) >= 11 is 0. The van der Waals surface area contributed by atoms with Crippen LogP contribution < -0.4 is 10.6 Å². The Bertz CT molecular complexity index is 532. The number of rotatable bonds is 6. The van der Waals surface area contributed by atoms with Gasteiger partial charge in [-0.15, -0.1) is 5.10 Å². The molecule has 0 fully saturated rings. The number of hydrogen-bond donors (Lipinski definition) is 1. The third-order valence-electron chi connectivity index (χ3n) is 3.23. The Balaban J connectivity index is 2.07. The molecule has 0 aliphatic carbocycles. The molecule has 5 nitrogen and oxygen atoms in total. The molecule has 0 aromatic carbocycles. The minimum absolute atomic E-state index is 0.447. The fraction of sp³-hybridized carbons (Fsp3) is 0.571. The smallest absolute Gasteiger partial charge is 0.153 e. The van der Waals surface area contributed by atoms with E-state index in [0.29, 0.717) is 6.54 Å². The fourth-order valence-corrected chi connectivity index (χ4v) is 2.07. The van der Waals surface area contributed by atoms with Gasteiger partial charge in [0.1, 0.15) is 5.82 Å². The molecule has 0 bridgehead atoms. The van der Waals surface area contributed by atoms with E-state index < -0.39 is 0 Å². The van der Waals surface area contributed by atoms with Crippen LogP contribution >= 0.6 is 0 Å². The lowest BCUT2D eigenvalue weighted by Gasteiger charge is -2.18. The van der Waals surface area contributed by atoms with E-state index in [1.165, 1.54) is 12.8 Å². The van der Waals surface area contributed by atoms with Crippen molar-refractivity contribution >= 4 is 11.5 Å². The molecule has 104 valence electrons. The highest BCUT2D eigenvalue weighted by atomic mass is 15.3. The van der Waals surface area contributed by atoms with Crippen molar-refractivity contribution in [2.45, 2.75) is 33.2 Å². The molecule has 2 aromatic heterocycles. The van der Waals surface area contributed by atoms with Crippen LogP contribution in [0.1, 0.15) is 32.4 Å². The summed E-state index contributed by atoms with van der Waals surface area (Å²) in [6.45, 7) is 5.98. The molecule has 19 heavy (non-hydrogen) atoms. The van der Waals surface area contributed by atoms with Crippen LogP contribution in [-0.4, -0.2) is 28.2 Å². The van der Waals surface area contributed by atoms with E-state index in [-0.39, 0.29) is 0 Å². The predicted molar refractivity (Wildman–Crippen MR) is 78.2 cm³/mol. The summed E-state index contributed by atoms with van der Waals surface area (Å²) in [6, 6.07) is 4.00. The van der Waals surface area contributed by atoms with Gasteiger partial charge in [-0.05, 0) is 30.9 Å². The molecule has 2 aromatic rings. The first-order valence-electron chi connectivity index (χ1n) is 6.86. The molecular weight excluding hydrogens is 238 g/mol. The number of anilines is 1. The SMILES string of the molecule is CC(C)CCCN(C)c1ccc2nc(CN)cn2n1. The number of hydrogen-bond acceptors (Lipinski definition) is 4. The molecule has 0 aliphatic rings. The van der Waals surface area contributed by atoms with Gasteiger partial charge < -0.3 is 10.6 Å². The van der Waals surface area contributed by atoms with Crippen LogP contribution in [0.4, 0.5) is 5.82 Å². The van der Waals surface area contributed by atoms with Crippen LogP contribution in [0.2, 0.25) is 0 Å². The Morgan fingerprint density at radius 1 is 1.37 bits per heavy atom. The van der Waals surface area contributed by atoms with Crippen LogP contribution in [0.5, 0.6) is 0 Å². The predicted octanol–water partition coefficient (Wildman–Crippen LogP) is 2.06. The second-order valence-electron chi connectivity index (χ2n) is 5.39. The maximum Gasteiger partial charge on any atom is 0.153 e. The van der Waals surface area contributed by atoms with E-state index in [1.807, 2.05) is 18.3 Å². The molecule has 2 N–H and O–H groups in total. The van der Waals surface area contributed by atoms with Crippen molar-refractivity contribution in [3.8, 4) is 0 Å². The van der Waals surface area contributed by atoms with Gasteiger partial charge in [0.05, 0.1) is 11.9 Å². The van der Waals surface area contributed by atoms with Crippen molar-refractivity contribution in [1.82, 2.24) is 14.6 Å². The lowest BCUT2D eigenvalue weighted by atomic mass is 10.1. The molecule has 5 heteroatoms. The molecule has 0 spiro atoms. The standard InChI is InChI=1S/C14H23N5/c1-11(2)5-4-8-18(3)14-7-6-13-16-12(9-15)10-19(13)17-14/h6-7,10-11H,4-5,8-9,15H2,1-3H3. The third kappa shape index (κ3) is 3.44. The molecule has 0 saturated heterocycles. The first-order chi connectivity index (χ1) is 9.10. The quantitative estimate of drug-likeness (QED) is 0.864. The second-order valence-corrected chi connectivity index (χ2v) is 5.39. The summed E-state index contributed by atoms with van der Waals surface area (Å²) in [5, 5.41) is 4.57. The number of imidazole rings is 1. The molecule has 2 rings (SSSR count). The van der Waals surface area contributed by atoms with E-state index >= 15 is 0 Å². The van der Waals surface area contributed by atoms with Crippen molar-refractivity contribution in [1.29, 1.82) is 0 Å². The molecule has 0 aliphatic heterocycles. The zero-order chi connectivity index (χ0) is 13.8. The van der Waals surface area contributed by atoms with Crippen molar-refractivity contribution in [2.75, 3.05) is 18.5 Å². The van der Waals surface area contributed by atoms with E-state index in [1.54, 1.807) is 4.52 Å². The summed E-state index contributed by atoms with van der Waals surface area (Å²) in [5.41, 5.74) is 7.31. The summed E-state index contributed by atoms with van der Waals surface area (Å²) in [5.74, 6) is 1.72. The Kier molecular flexibility index (Phi) is 4.37. The van der Waals surface area contributed by atoms with Gasteiger partial charge in [0.25, 0.3) is 0 Å². The van der Waals surface area contributed by atoms with Crippen LogP contribution in [0.15, 0.2) is 18.3 Å². The van der Waals surface area contributed by atoms with E-state index in [4.69, 9.17) is 5.73 Å². The molecule has 0 radical (unpaired) electrons. The highest BCUT2D eigenvalue weighted by Crippen LogP contribution is 2.13. The molecule has 0 unspecified atom stereocenters. The molecule has 2 heterocycles. The summed E-state index contributed by atoms with van der Waals surface area (Å²) in [6.07, 6.45) is 4.32. The van der Waals surface area contributed by atoms with Crippen LogP contribution in [0.3, 0.4) is 0 Å². The van der Waals surface area contributed by atoms with E-state index in [2.05, 4.69) is 35.9 Å². The zero-order valence-corrected chi connectivity index (χ0v) is 12.0. The van der Waals surface area contributed by atoms with Gasteiger partial charge >= 0.3 is 0 Å². The van der Waals surface area contributed by atoms with Crippen molar-refractivity contribution < 1.29 is 0 Å². The lowest BCUT2D eigenvalue weighted by Crippen LogP contribution is -2.20. The van der Waals surface area contributed by atoms with Gasteiger partial charge in [-0.25, -0.2) is 9.50 Å². The maximum atomic E-state index is 5.59. The topological polar surface area (TPSA) is 59.5 Å². The summed E-state index contributed by atoms with van der Waals surface area (Å²) in [4.78, 5) is 6.56. The highest BCUT2D eigenvalue weighted by Gasteiger charge is 2.06. The van der Waals surface area contributed by atoms with Gasteiger partial charge in [-0.1, -0.05) is 13.8 Å². The van der Waals surface area contributed by atoms with Crippen molar-refractivity contribution in [3.05, 3.63) is 24.0 Å². The monoisotopic (exact) mass is 261 g/mol. The van der Waals surface area contributed by atoms with Crippen molar-refractivity contribution in [2.24, 2.45) is 11.7 Å². The lowest BCUT2D eigenvalue weighted by molar-refractivity contribution is 0.554. The molecule has 0 atom stereocenters. The molecule has 0 amide bonds. The first-order valence-corrected chi connectivity index (χ1v) is 6.86. The third-order valence-corrected chi connectivity index (χ3v) is 3.23. The van der Waals surface area contributed by atoms with Crippen LogP contribution in [0.25, 0.3) is 5.65 Å². The number of aromatic nitrogens is 3. The first kappa shape index (κ1) is 13.8.